The lowest BCUT2D eigenvalue weighted by molar-refractivity contribution is -0.380. The van der Waals surface area contributed by atoms with E-state index in [1.807, 2.05) is 6.07 Å². The number of methoxy groups -OCH3 is 1. The Bertz CT molecular complexity index is 1200. The van der Waals surface area contributed by atoms with Crippen LogP contribution in [-0.2, 0) is 6.54 Å². The molecule has 3 heterocycles. The standard InChI is InChI=1S/C19H14ClN5O3S/c1-28-15-3-2-11(8-14(15)20)10-22-18-13-9-16(25(26)27)29-19(13)24-17(23-18)12-4-6-21-7-5-12/h2-9H,10H2,1H3,(H,22,23,24). The number of hydrogen-bond donors (Lipinski definition) is 1. The number of halogens is 1. The van der Waals surface area contributed by atoms with Crippen molar-refractivity contribution in [3.05, 3.63) is 69.5 Å². The summed E-state index contributed by atoms with van der Waals surface area (Å²) in [6.07, 6.45) is 3.29. The Kier molecular flexibility index (Phi) is 5.24. The maximum absolute atomic E-state index is 11.2. The van der Waals surface area contributed by atoms with Crippen LogP contribution in [0.2, 0.25) is 5.02 Å². The van der Waals surface area contributed by atoms with Gasteiger partial charge >= 0.3 is 5.00 Å². The minimum Gasteiger partial charge on any atom is -0.495 e. The number of aromatic nitrogens is 3. The van der Waals surface area contributed by atoms with Gasteiger partial charge in [0.05, 0.1) is 22.4 Å². The van der Waals surface area contributed by atoms with Crippen LogP contribution in [0.15, 0.2) is 48.8 Å². The third kappa shape index (κ3) is 3.96. The molecule has 0 saturated heterocycles. The lowest BCUT2D eigenvalue weighted by Gasteiger charge is -2.10. The number of nitro groups is 1. The van der Waals surface area contributed by atoms with Crippen molar-refractivity contribution in [3.63, 3.8) is 0 Å². The summed E-state index contributed by atoms with van der Waals surface area (Å²) >= 11 is 7.21. The third-order valence-electron chi connectivity index (χ3n) is 4.17. The van der Waals surface area contributed by atoms with Crippen LogP contribution in [0.3, 0.4) is 0 Å². The van der Waals surface area contributed by atoms with E-state index in [0.29, 0.717) is 39.2 Å². The number of anilines is 1. The molecule has 146 valence electrons. The SMILES string of the molecule is COc1ccc(CNc2nc(-c3ccncc3)nc3sc([N+](=O)[O-])cc23)cc1Cl. The molecule has 3 aromatic heterocycles. The molecule has 10 heteroatoms. The van der Waals surface area contributed by atoms with Crippen LogP contribution in [0, 0.1) is 10.1 Å². The van der Waals surface area contributed by atoms with Gasteiger partial charge in [0.2, 0.25) is 0 Å². The van der Waals surface area contributed by atoms with Crippen molar-refractivity contribution in [3.8, 4) is 17.1 Å². The third-order valence-corrected chi connectivity index (χ3v) is 5.45. The Hall–Kier alpha value is -3.30. The van der Waals surface area contributed by atoms with Gasteiger partial charge in [-0.05, 0) is 41.2 Å². The van der Waals surface area contributed by atoms with Gasteiger partial charge in [-0.2, -0.15) is 0 Å². The minimum atomic E-state index is -0.425. The number of rotatable bonds is 6. The smallest absolute Gasteiger partial charge is 0.326 e. The van der Waals surface area contributed by atoms with Gasteiger partial charge in [-0.15, -0.1) is 0 Å². The van der Waals surface area contributed by atoms with Crippen molar-refractivity contribution >= 4 is 44.0 Å². The van der Waals surface area contributed by atoms with Gasteiger partial charge in [-0.3, -0.25) is 15.1 Å². The Morgan fingerprint density at radius 1 is 1.21 bits per heavy atom. The van der Waals surface area contributed by atoms with E-state index < -0.39 is 4.92 Å². The van der Waals surface area contributed by atoms with Gasteiger partial charge in [0.1, 0.15) is 16.4 Å². The molecule has 0 aliphatic rings. The summed E-state index contributed by atoms with van der Waals surface area (Å²) in [7, 11) is 1.56. The first-order valence-corrected chi connectivity index (χ1v) is 9.67. The normalized spacial score (nSPS) is 10.8. The molecule has 0 spiro atoms. The van der Waals surface area contributed by atoms with E-state index in [2.05, 4.69) is 20.3 Å². The summed E-state index contributed by atoms with van der Waals surface area (Å²) in [6, 6.07) is 10.5. The molecule has 0 fully saturated rings. The van der Waals surface area contributed by atoms with Gasteiger partial charge in [0.25, 0.3) is 0 Å². The number of nitrogens with zero attached hydrogens (tertiary/aromatic N) is 4. The van der Waals surface area contributed by atoms with Crippen molar-refractivity contribution in [1.82, 2.24) is 15.0 Å². The number of nitrogens with one attached hydrogen (secondary N) is 1. The van der Waals surface area contributed by atoms with E-state index in [4.69, 9.17) is 16.3 Å². The molecule has 4 aromatic rings. The summed E-state index contributed by atoms with van der Waals surface area (Å²) < 4.78 is 5.17. The van der Waals surface area contributed by atoms with Crippen molar-refractivity contribution in [2.75, 3.05) is 12.4 Å². The Balaban J connectivity index is 1.73. The maximum Gasteiger partial charge on any atom is 0.326 e. The van der Waals surface area contributed by atoms with Crippen molar-refractivity contribution in [1.29, 1.82) is 0 Å². The summed E-state index contributed by atoms with van der Waals surface area (Å²) in [5, 5.41) is 15.6. The monoisotopic (exact) mass is 427 g/mol. The second-order valence-electron chi connectivity index (χ2n) is 6.01. The van der Waals surface area contributed by atoms with Gasteiger partial charge < -0.3 is 10.1 Å². The van der Waals surface area contributed by atoms with Crippen LogP contribution in [0.1, 0.15) is 5.56 Å². The fourth-order valence-electron chi connectivity index (χ4n) is 2.77. The van der Waals surface area contributed by atoms with E-state index in [1.165, 1.54) is 6.07 Å². The highest BCUT2D eigenvalue weighted by Gasteiger charge is 2.18. The number of pyridine rings is 1. The topological polar surface area (TPSA) is 103 Å². The quantitative estimate of drug-likeness (QED) is 0.343. The molecule has 1 N–H and O–H groups in total. The fraction of sp³-hybridized carbons (Fsp3) is 0.105. The van der Waals surface area contributed by atoms with Crippen molar-refractivity contribution in [2.24, 2.45) is 0 Å². The number of thiophene rings is 1. The molecule has 0 aliphatic carbocycles. The van der Waals surface area contributed by atoms with Crippen LogP contribution < -0.4 is 10.1 Å². The molecule has 29 heavy (non-hydrogen) atoms. The Morgan fingerprint density at radius 2 is 2.00 bits per heavy atom. The van der Waals surface area contributed by atoms with Gasteiger partial charge in [0.15, 0.2) is 5.82 Å². The zero-order chi connectivity index (χ0) is 20.4. The van der Waals surface area contributed by atoms with E-state index in [1.54, 1.807) is 43.8 Å². The molecule has 0 unspecified atom stereocenters. The average molecular weight is 428 g/mol. The number of fused-ring (bicyclic) bond motifs is 1. The molecule has 0 saturated carbocycles. The molecular formula is C19H14ClN5O3S. The first-order valence-electron chi connectivity index (χ1n) is 8.48. The predicted octanol–water partition coefficient (Wildman–Crippen LogP) is 4.94. The van der Waals surface area contributed by atoms with Crippen molar-refractivity contribution in [2.45, 2.75) is 6.54 Å². The molecule has 0 radical (unpaired) electrons. The highest BCUT2D eigenvalue weighted by Crippen LogP contribution is 2.35. The molecule has 0 aliphatic heterocycles. The lowest BCUT2D eigenvalue weighted by atomic mass is 10.2. The zero-order valence-corrected chi connectivity index (χ0v) is 16.7. The summed E-state index contributed by atoms with van der Waals surface area (Å²) in [5.74, 6) is 1.57. The minimum absolute atomic E-state index is 0.0109. The molecule has 0 atom stereocenters. The largest absolute Gasteiger partial charge is 0.495 e. The lowest BCUT2D eigenvalue weighted by Crippen LogP contribution is -2.04. The van der Waals surface area contributed by atoms with E-state index >= 15 is 0 Å². The summed E-state index contributed by atoms with van der Waals surface area (Å²) in [6.45, 7) is 0.426. The number of benzene rings is 1. The van der Waals surface area contributed by atoms with Crippen LogP contribution in [0.5, 0.6) is 5.75 Å². The first-order chi connectivity index (χ1) is 14.0. The van der Waals surface area contributed by atoms with E-state index in [9.17, 15) is 10.1 Å². The fourth-order valence-corrected chi connectivity index (χ4v) is 3.90. The maximum atomic E-state index is 11.2. The highest BCUT2D eigenvalue weighted by atomic mass is 35.5. The highest BCUT2D eigenvalue weighted by molar-refractivity contribution is 7.21. The average Bonchev–Trinajstić information content (AvgIpc) is 3.17. The predicted molar refractivity (Wildman–Crippen MR) is 113 cm³/mol. The zero-order valence-electron chi connectivity index (χ0n) is 15.1. The second-order valence-corrected chi connectivity index (χ2v) is 7.43. The number of ether oxygens (including phenoxy) is 1. The van der Waals surface area contributed by atoms with Gasteiger partial charge in [0, 0.05) is 30.6 Å². The molecule has 0 amide bonds. The van der Waals surface area contributed by atoms with Crippen LogP contribution in [0.4, 0.5) is 10.8 Å². The first kappa shape index (κ1) is 19.0. The van der Waals surface area contributed by atoms with Crippen LogP contribution in [-0.4, -0.2) is 27.0 Å². The van der Waals surface area contributed by atoms with E-state index in [-0.39, 0.29) is 5.00 Å². The van der Waals surface area contributed by atoms with E-state index in [0.717, 1.165) is 22.5 Å². The summed E-state index contributed by atoms with van der Waals surface area (Å²) in [4.78, 5) is 24.4. The molecule has 4 rings (SSSR count). The van der Waals surface area contributed by atoms with Crippen LogP contribution >= 0.6 is 22.9 Å². The summed E-state index contributed by atoms with van der Waals surface area (Å²) in [5.41, 5.74) is 1.69. The molecule has 0 bridgehead atoms. The van der Waals surface area contributed by atoms with Crippen molar-refractivity contribution < 1.29 is 9.66 Å². The second kappa shape index (κ2) is 7.98. The molecule has 8 nitrogen and oxygen atoms in total. The molecule has 1 aromatic carbocycles. The van der Waals surface area contributed by atoms with Gasteiger partial charge in [-0.25, -0.2) is 9.97 Å². The van der Waals surface area contributed by atoms with Crippen LogP contribution in [0.25, 0.3) is 21.6 Å². The number of hydrogen-bond acceptors (Lipinski definition) is 8. The molecular weight excluding hydrogens is 414 g/mol. The Labute approximate surface area is 174 Å². The Morgan fingerprint density at radius 3 is 2.69 bits per heavy atom. The van der Waals surface area contributed by atoms with Gasteiger partial charge in [-0.1, -0.05) is 17.7 Å².